The molecule has 0 atom stereocenters. The van der Waals surface area contributed by atoms with Gasteiger partial charge in [0.2, 0.25) is 0 Å². The lowest BCUT2D eigenvalue weighted by Gasteiger charge is -2.08. The molecule has 26 heavy (non-hydrogen) atoms. The fourth-order valence-electron chi connectivity index (χ4n) is 2.45. The largest absolute Gasteiger partial charge is 0.489 e. The smallest absolute Gasteiger partial charge is 0.251 e. The van der Waals surface area contributed by atoms with Crippen molar-refractivity contribution in [1.29, 1.82) is 0 Å². The zero-order valence-electron chi connectivity index (χ0n) is 14.5. The molecule has 5 nitrogen and oxygen atoms in total. The molecule has 0 aliphatic rings. The molecule has 0 aliphatic carbocycles. The summed E-state index contributed by atoms with van der Waals surface area (Å²) in [5.41, 5.74) is 2.39. The first-order valence-electron chi connectivity index (χ1n) is 8.42. The molecule has 0 saturated carbocycles. The molecule has 2 aromatic carbocycles. The zero-order chi connectivity index (χ0) is 18.4. The fraction of sp³-hybridized carbons (Fsp3) is 0.200. The van der Waals surface area contributed by atoms with Gasteiger partial charge in [0.05, 0.1) is 12.2 Å². The average Bonchev–Trinajstić information content (AvgIpc) is 3.14. The molecule has 3 aromatic rings. The lowest BCUT2D eigenvalue weighted by Crippen LogP contribution is -2.23. The molecule has 0 radical (unpaired) electrons. The van der Waals surface area contributed by atoms with Crippen molar-refractivity contribution < 1.29 is 9.53 Å². The van der Waals surface area contributed by atoms with Crippen molar-refractivity contribution in [1.82, 2.24) is 15.1 Å². The van der Waals surface area contributed by atoms with Gasteiger partial charge in [0.15, 0.2) is 0 Å². The third kappa shape index (κ3) is 4.95. The number of aryl methyl sites for hydroxylation is 1. The van der Waals surface area contributed by atoms with Crippen LogP contribution < -0.4 is 10.1 Å². The minimum atomic E-state index is -0.124. The number of hydrogen-bond acceptors (Lipinski definition) is 3. The summed E-state index contributed by atoms with van der Waals surface area (Å²) in [5, 5.41) is 7.26. The molecule has 1 amide bonds. The first-order chi connectivity index (χ1) is 12.6. The first kappa shape index (κ1) is 18.2. The SMILES string of the molecule is CCn1ccc(CNC(=O)c2cccc(COc3ccc(Br)cc3)c2)n1. The lowest BCUT2D eigenvalue weighted by atomic mass is 10.1. The molecule has 0 fully saturated rings. The summed E-state index contributed by atoms with van der Waals surface area (Å²) in [4.78, 5) is 12.4. The first-order valence-corrected chi connectivity index (χ1v) is 9.21. The van der Waals surface area contributed by atoms with Gasteiger partial charge in [-0.15, -0.1) is 0 Å². The summed E-state index contributed by atoms with van der Waals surface area (Å²) in [6.45, 7) is 3.65. The molecule has 134 valence electrons. The number of amides is 1. The minimum absolute atomic E-state index is 0.124. The van der Waals surface area contributed by atoms with Crippen LogP contribution in [0.5, 0.6) is 5.75 Å². The number of halogens is 1. The summed E-state index contributed by atoms with van der Waals surface area (Å²) in [7, 11) is 0. The Morgan fingerprint density at radius 1 is 1.19 bits per heavy atom. The highest BCUT2D eigenvalue weighted by Crippen LogP contribution is 2.17. The van der Waals surface area contributed by atoms with Crippen LogP contribution in [0.15, 0.2) is 65.3 Å². The van der Waals surface area contributed by atoms with Gasteiger partial charge in [0.25, 0.3) is 5.91 Å². The number of carbonyl (C=O) groups excluding carboxylic acids is 1. The maximum Gasteiger partial charge on any atom is 0.251 e. The second kappa shape index (κ2) is 8.67. The standard InChI is InChI=1S/C20H20BrN3O2/c1-2-24-11-10-18(23-24)13-22-20(25)16-5-3-4-15(12-16)14-26-19-8-6-17(21)7-9-19/h3-12H,2,13-14H2,1H3,(H,22,25). The Bertz CT molecular complexity index is 875. The summed E-state index contributed by atoms with van der Waals surface area (Å²) >= 11 is 3.40. The molecule has 0 aliphatic heterocycles. The molecule has 1 N–H and O–H groups in total. The fourth-order valence-corrected chi connectivity index (χ4v) is 2.71. The van der Waals surface area contributed by atoms with Crippen LogP contribution in [0.4, 0.5) is 0 Å². The number of hydrogen-bond donors (Lipinski definition) is 1. The van der Waals surface area contributed by atoms with Crippen molar-refractivity contribution >= 4 is 21.8 Å². The van der Waals surface area contributed by atoms with Gasteiger partial charge in [-0.25, -0.2) is 0 Å². The van der Waals surface area contributed by atoms with E-state index in [1.54, 1.807) is 6.07 Å². The topological polar surface area (TPSA) is 56.2 Å². The van der Waals surface area contributed by atoms with Crippen LogP contribution in [0, 0.1) is 0 Å². The van der Waals surface area contributed by atoms with Crippen LogP contribution >= 0.6 is 15.9 Å². The van der Waals surface area contributed by atoms with Gasteiger partial charge in [-0.1, -0.05) is 28.1 Å². The van der Waals surface area contributed by atoms with Gasteiger partial charge in [0.1, 0.15) is 12.4 Å². The number of nitrogens with zero attached hydrogens (tertiary/aromatic N) is 2. The molecular formula is C20H20BrN3O2. The van der Waals surface area contributed by atoms with E-state index in [1.807, 2.05) is 66.3 Å². The summed E-state index contributed by atoms with van der Waals surface area (Å²) in [6.07, 6.45) is 1.90. The Labute approximate surface area is 161 Å². The van der Waals surface area contributed by atoms with Gasteiger partial charge < -0.3 is 10.1 Å². The van der Waals surface area contributed by atoms with E-state index in [0.29, 0.717) is 18.7 Å². The van der Waals surface area contributed by atoms with Crippen molar-refractivity contribution in [3.8, 4) is 5.75 Å². The summed E-state index contributed by atoms with van der Waals surface area (Å²) in [5.74, 6) is 0.663. The van der Waals surface area contributed by atoms with Crippen molar-refractivity contribution in [2.75, 3.05) is 0 Å². The third-order valence-corrected chi connectivity index (χ3v) is 4.39. The molecular weight excluding hydrogens is 394 g/mol. The molecule has 1 heterocycles. The van der Waals surface area contributed by atoms with Crippen molar-refractivity contribution in [2.45, 2.75) is 26.6 Å². The van der Waals surface area contributed by atoms with E-state index < -0.39 is 0 Å². The number of ether oxygens (including phenoxy) is 1. The maximum atomic E-state index is 12.4. The van der Waals surface area contributed by atoms with E-state index in [-0.39, 0.29) is 5.91 Å². The number of carbonyl (C=O) groups is 1. The van der Waals surface area contributed by atoms with Crippen LogP contribution in [0.3, 0.4) is 0 Å². The molecule has 6 heteroatoms. The normalized spacial score (nSPS) is 10.5. The molecule has 3 rings (SSSR count). The number of aromatic nitrogens is 2. The Morgan fingerprint density at radius 3 is 2.73 bits per heavy atom. The van der Waals surface area contributed by atoms with Gasteiger partial charge in [0, 0.05) is 22.8 Å². The molecule has 1 aromatic heterocycles. The second-order valence-corrected chi connectivity index (χ2v) is 6.70. The molecule has 0 bridgehead atoms. The zero-order valence-corrected chi connectivity index (χ0v) is 16.1. The highest BCUT2D eigenvalue weighted by atomic mass is 79.9. The Morgan fingerprint density at radius 2 is 2.00 bits per heavy atom. The molecule has 0 spiro atoms. The van der Waals surface area contributed by atoms with E-state index in [2.05, 4.69) is 26.3 Å². The Balaban J connectivity index is 1.57. The second-order valence-electron chi connectivity index (χ2n) is 5.79. The van der Waals surface area contributed by atoms with E-state index in [1.165, 1.54) is 0 Å². The maximum absolute atomic E-state index is 12.4. The quantitative estimate of drug-likeness (QED) is 0.631. The van der Waals surface area contributed by atoms with Crippen LogP contribution in [0.25, 0.3) is 0 Å². The lowest BCUT2D eigenvalue weighted by molar-refractivity contribution is 0.0950. The highest BCUT2D eigenvalue weighted by molar-refractivity contribution is 9.10. The van der Waals surface area contributed by atoms with E-state index in [0.717, 1.165) is 28.0 Å². The van der Waals surface area contributed by atoms with Crippen LogP contribution in [-0.2, 0) is 19.7 Å². The number of benzene rings is 2. The Kier molecular flexibility index (Phi) is 6.07. The number of nitrogens with one attached hydrogen (secondary N) is 1. The van der Waals surface area contributed by atoms with Gasteiger partial charge in [-0.3, -0.25) is 9.48 Å². The predicted octanol–water partition coefficient (Wildman–Crippen LogP) is 4.17. The van der Waals surface area contributed by atoms with Crippen molar-refractivity contribution in [2.24, 2.45) is 0 Å². The van der Waals surface area contributed by atoms with Crippen LogP contribution in [-0.4, -0.2) is 15.7 Å². The summed E-state index contributed by atoms with van der Waals surface area (Å²) < 4.78 is 8.60. The van der Waals surface area contributed by atoms with E-state index in [4.69, 9.17) is 4.74 Å². The summed E-state index contributed by atoms with van der Waals surface area (Å²) in [6, 6.07) is 17.0. The Hall–Kier alpha value is -2.60. The van der Waals surface area contributed by atoms with Gasteiger partial charge in [-0.2, -0.15) is 5.10 Å². The van der Waals surface area contributed by atoms with E-state index in [9.17, 15) is 4.79 Å². The monoisotopic (exact) mass is 413 g/mol. The van der Waals surface area contributed by atoms with Crippen LogP contribution in [0.2, 0.25) is 0 Å². The molecule has 0 saturated heterocycles. The van der Waals surface area contributed by atoms with Crippen LogP contribution in [0.1, 0.15) is 28.5 Å². The van der Waals surface area contributed by atoms with Gasteiger partial charge >= 0.3 is 0 Å². The predicted molar refractivity (Wildman–Crippen MR) is 104 cm³/mol. The number of rotatable bonds is 7. The van der Waals surface area contributed by atoms with Crippen molar-refractivity contribution in [3.05, 3.63) is 82.1 Å². The van der Waals surface area contributed by atoms with Gasteiger partial charge in [-0.05, 0) is 55.0 Å². The van der Waals surface area contributed by atoms with Crippen molar-refractivity contribution in [3.63, 3.8) is 0 Å². The third-order valence-electron chi connectivity index (χ3n) is 3.86. The molecule has 0 unspecified atom stereocenters. The highest BCUT2D eigenvalue weighted by Gasteiger charge is 2.08. The minimum Gasteiger partial charge on any atom is -0.489 e. The van der Waals surface area contributed by atoms with E-state index >= 15 is 0 Å². The average molecular weight is 414 g/mol.